The number of unbranched alkanes of at least 4 members (excludes halogenated alkanes) is 2. The van der Waals surface area contributed by atoms with Crippen molar-refractivity contribution in [2.75, 3.05) is 6.61 Å². The van der Waals surface area contributed by atoms with Gasteiger partial charge in [-0.3, -0.25) is 0 Å². The van der Waals surface area contributed by atoms with Crippen molar-refractivity contribution in [3.63, 3.8) is 0 Å². The van der Waals surface area contributed by atoms with E-state index in [-0.39, 0.29) is 5.82 Å². The van der Waals surface area contributed by atoms with Crippen LogP contribution in [-0.2, 0) is 0 Å². The zero-order valence-electron chi connectivity index (χ0n) is 12.7. The molecule has 0 aliphatic carbocycles. The standard InChI is InChI=1S/C18H19N3O/c1-2-3-4-5-6-11-22-17-9-7-15(8-10-17)16-13-20-18(12-19)21-14-16/h5-10,13-14H,2-4,11H2,1H3. The Morgan fingerprint density at radius 3 is 2.45 bits per heavy atom. The minimum atomic E-state index is 0.179. The third kappa shape index (κ3) is 4.71. The van der Waals surface area contributed by atoms with Gasteiger partial charge in [-0.15, -0.1) is 0 Å². The Kier molecular flexibility index (Phi) is 6.13. The Morgan fingerprint density at radius 2 is 1.82 bits per heavy atom. The van der Waals surface area contributed by atoms with Crippen LogP contribution < -0.4 is 4.74 Å². The number of nitriles is 1. The Hall–Kier alpha value is -2.67. The molecule has 0 N–H and O–H groups in total. The molecule has 0 fully saturated rings. The van der Waals surface area contributed by atoms with Crippen LogP contribution in [-0.4, -0.2) is 16.6 Å². The van der Waals surface area contributed by atoms with E-state index in [1.54, 1.807) is 12.4 Å². The zero-order chi connectivity index (χ0) is 15.6. The third-order valence-corrected chi connectivity index (χ3v) is 3.18. The molecule has 4 nitrogen and oxygen atoms in total. The lowest BCUT2D eigenvalue weighted by Crippen LogP contribution is -1.93. The van der Waals surface area contributed by atoms with Crippen molar-refractivity contribution in [3.05, 3.63) is 54.6 Å². The molecule has 0 aliphatic rings. The first-order valence-electron chi connectivity index (χ1n) is 7.44. The van der Waals surface area contributed by atoms with Crippen molar-refractivity contribution in [3.8, 4) is 22.9 Å². The van der Waals surface area contributed by atoms with Crippen LogP contribution in [0.2, 0.25) is 0 Å². The summed E-state index contributed by atoms with van der Waals surface area (Å²) in [4.78, 5) is 7.94. The number of aromatic nitrogens is 2. The molecule has 112 valence electrons. The summed E-state index contributed by atoms with van der Waals surface area (Å²) in [5, 5.41) is 8.69. The van der Waals surface area contributed by atoms with Gasteiger partial charge in [0.15, 0.2) is 0 Å². The molecule has 0 spiro atoms. The highest BCUT2D eigenvalue weighted by molar-refractivity contribution is 5.62. The summed E-state index contributed by atoms with van der Waals surface area (Å²) in [6.07, 6.45) is 11.1. The summed E-state index contributed by atoms with van der Waals surface area (Å²) in [5.41, 5.74) is 1.88. The molecule has 1 heterocycles. The van der Waals surface area contributed by atoms with Gasteiger partial charge in [-0.2, -0.15) is 5.26 Å². The van der Waals surface area contributed by atoms with Crippen molar-refractivity contribution < 1.29 is 4.74 Å². The van der Waals surface area contributed by atoms with Gasteiger partial charge in [0, 0.05) is 18.0 Å². The quantitative estimate of drug-likeness (QED) is 0.568. The van der Waals surface area contributed by atoms with E-state index in [9.17, 15) is 0 Å². The lowest BCUT2D eigenvalue weighted by Gasteiger charge is -2.05. The average molecular weight is 293 g/mol. The summed E-state index contributed by atoms with van der Waals surface area (Å²) in [6, 6.07) is 9.67. The van der Waals surface area contributed by atoms with Gasteiger partial charge >= 0.3 is 0 Å². The van der Waals surface area contributed by atoms with E-state index >= 15 is 0 Å². The molecule has 0 amide bonds. The van der Waals surface area contributed by atoms with E-state index < -0.39 is 0 Å². The number of hydrogen-bond donors (Lipinski definition) is 0. The molecule has 22 heavy (non-hydrogen) atoms. The lowest BCUT2D eigenvalue weighted by atomic mass is 10.1. The molecule has 1 aromatic heterocycles. The third-order valence-electron chi connectivity index (χ3n) is 3.18. The second-order valence-electron chi connectivity index (χ2n) is 4.86. The van der Waals surface area contributed by atoms with Crippen LogP contribution in [0.25, 0.3) is 11.1 Å². The fourth-order valence-corrected chi connectivity index (χ4v) is 1.93. The van der Waals surface area contributed by atoms with Crippen molar-refractivity contribution in [1.82, 2.24) is 9.97 Å². The predicted octanol–water partition coefficient (Wildman–Crippen LogP) is 4.14. The minimum absolute atomic E-state index is 0.179. The van der Waals surface area contributed by atoms with Gasteiger partial charge in [-0.1, -0.05) is 44.1 Å². The fourth-order valence-electron chi connectivity index (χ4n) is 1.93. The van der Waals surface area contributed by atoms with Crippen LogP contribution >= 0.6 is 0 Å². The first-order chi connectivity index (χ1) is 10.8. The maximum absolute atomic E-state index is 8.69. The van der Waals surface area contributed by atoms with Gasteiger partial charge in [-0.05, 0) is 24.1 Å². The minimum Gasteiger partial charge on any atom is -0.490 e. The Labute approximate surface area is 131 Å². The molecule has 0 aliphatic heterocycles. The smallest absolute Gasteiger partial charge is 0.232 e. The van der Waals surface area contributed by atoms with Crippen LogP contribution in [0.5, 0.6) is 5.75 Å². The normalized spacial score (nSPS) is 10.5. The van der Waals surface area contributed by atoms with Gasteiger partial charge < -0.3 is 4.74 Å². The zero-order valence-corrected chi connectivity index (χ0v) is 12.7. The Balaban J connectivity index is 1.89. The summed E-state index contributed by atoms with van der Waals surface area (Å²) in [7, 11) is 0. The number of ether oxygens (including phenoxy) is 1. The van der Waals surface area contributed by atoms with Gasteiger partial charge in [-0.25, -0.2) is 9.97 Å². The summed E-state index contributed by atoms with van der Waals surface area (Å²) in [5.74, 6) is 1.01. The largest absolute Gasteiger partial charge is 0.490 e. The van der Waals surface area contributed by atoms with Crippen LogP contribution in [0.3, 0.4) is 0 Å². The summed E-state index contributed by atoms with van der Waals surface area (Å²) < 4.78 is 5.65. The molecule has 2 aromatic rings. The molecule has 0 radical (unpaired) electrons. The van der Waals surface area contributed by atoms with E-state index in [0.717, 1.165) is 23.3 Å². The number of rotatable bonds is 7. The van der Waals surface area contributed by atoms with E-state index in [4.69, 9.17) is 10.00 Å². The SMILES string of the molecule is CCCCC=CCOc1ccc(-c2cnc(C#N)nc2)cc1. The maximum atomic E-state index is 8.69. The average Bonchev–Trinajstić information content (AvgIpc) is 2.59. The molecule has 0 saturated carbocycles. The van der Waals surface area contributed by atoms with Gasteiger partial charge in [0.1, 0.15) is 18.4 Å². The topological polar surface area (TPSA) is 58.8 Å². The molecular formula is C18H19N3O. The number of hydrogen-bond acceptors (Lipinski definition) is 4. The maximum Gasteiger partial charge on any atom is 0.232 e. The highest BCUT2D eigenvalue weighted by Gasteiger charge is 2.00. The number of allylic oxidation sites excluding steroid dienone is 1. The Morgan fingerprint density at radius 1 is 1.09 bits per heavy atom. The lowest BCUT2D eigenvalue weighted by molar-refractivity contribution is 0.362. The summed E-state index contributed by atoms with van der Waals surface area (Å²) in [6.45, 7) is 2.77. The van der Waals surface area contributed by atoms with Crippen LogP contribution in [0.1, 0.15) is 32.0 Å². The second-order valence-corrected chi connectivity index (χ2v) is 4.86. The van der Waals surface area contributed by atoms with Gasteiger partial charge in [0.05, 0.1) is 0 Å². The fraction of sp³-hybridized carbons (Fsp3) is 0.278. The molecule has 0 atom stereocenters. The molecular weight excluding hydrogens is 274 g/mol. The van der Waals surface area contributed by atoms with E-state index in [1.165, 1.54) is 12.8 Å². The monoisotopic (exact) mass is 293 g/mol. The van der Waals surface area contributed by atoms with Crippen molar-refractivity contribution in [1.29, 1.82) is 5.26 Å². The van der Waals surface area contributed by atoms with Crippen LogP contribution in [0.4, 0.5) is 0 Å². The number of benzene rings is 1. The van der Waals surface area contributed by atoms with E-state index in [1.807, 2.05) is 30.3 Å². The van der Waals surface area contributed by atoms with E-state index in [0.29, 0.717) is 6.61 Å². The van der Waals surface area contributed by atoms with Gasteiger partial charge in [0.25, 0.3) is 0 Å². The Bertz CT molecular complexity index is 640. The van der Waals surface area contributed by atoms with Crippen molar-refractivity contribution >= 4 is 0 Å². The number of nitrogens with zero attached hydrogens (tertiary/aromatic N) is 3. The predicted molar refractivity (Wildman–Crippen MR) is 86.3 cm³/mol. The molecule has 4 heteroatoms. The van der Waals surface area contributed by atoms with Crippen LogP contribution in [0, 0.1) is 11.3 Å². The highest BCUT2D eigenvalue weighted by atomic mass is 16.5. The molecule has 0 saturated heterocycles. The van der Waals surface area contributed by atoms with Crippen LogP contribution in [0.15, 0.2) is 48.8 Å². The molecule has 0 unspecified atom stereocenters. The van der Waals surface area contributed by atoms with Gasteiger partial charge in [0.2, 0.25) is 5.82 Å². The molecule has 2 rings (SSSR count). The first kappa shape index (κ1) is 15.7. The summed E-state index contributed by atoms with van der Waals surface area (Å²) >= 11 is 0. The van der Waals surface area contributed by atoms with Crippen molar-refractivity contribution in [2.24, 2.45) is 0 Å². The molecule has 0 bridgehead atoms. The highest BCUT2D eigenvalue weighted by Crippen LogP contribution is 2.21. The first-order valence-corrected chi connectivity index (χ1v) is 7.44. The van der Waals surface area contributed by atoms with Crippen molar-refractivity contribution in [2.45, 2.75) is 26.2 Å². The van der Waals surface area contributed by atoms with E-state index in [2.05, 4.69) is 29.0 Å². The molecule has 1 aromatic carbocycles. The second kappa shape index (κ2) is 8.58.